The lowest BCUT2D eigenvalue weighted by molar-refractivity contribution is -0.118. The zero-order chi connectivity index (χ0) is 32.1. The van der Waals surface area contributed by atoms with Gasteiger partial charge < -0.3 is 24.4 Å². The largest absolute Gasteiger partial charge is 0.445 e. The van der Waals surface area contributed by atoms with E-state index in [0.717, 1.165) is 5.56 Å². The van der Waals surface area contributed by atoms with Crippen LogP contribution in [0.15, 0.2) is 41.5 Å². The van der Waals surface area contributed by atoms with Crippen molar-refractivity contribution in [1.82, 2.24) is 29.5 Å². The van der Waals surface area contributed by atoms with E-state index < -0.39 is 51.2 Å². The first kappa shape index (κ1) is 33.4. The van der Waals surface area contributed by atoms with Crippen molar-refractivity contribution < 1.29 is 28.7 Å². The molecule has 0 bridgehead atoms. The molecular weight excluding hydrogens is 591 g/mol. The first-order valence-electron chi connectivity index (χ1n) is 14.4. The second-order valence-electron chi connectivity index (χ2n) is 11.3. The highest BCUT2D eigenvalue weighted by atomic mass is 31.2. The van der Waals surface area contributed by atoms with Crippen LogP contribution in [0.4, 0.5) is 10.7 Å². The van der Waals surface area contributed by atoms with E-state index in [1.807, 2.05) is 62.7 Å². The normalized spacial score (nSPS) is 21.0. The van der Waals surface area contributed by atoms with Gasteiger partial charge in [-0.15, -0.1) is 0 Å². The van der Waals surface area contributed by atoms with Crippen molar-refractivity contribution >= 4 is 37.6 Å². The highest BCUT2D eigenvalue weighted by Crippen LogP contribution is 2.44. The van der Waals surface area contributed by atoms with Gasteiger partial charge in [0.15, 0.2) is 25.8 Å². The maximum absolute atomic E-state index is 13.1. The molecule has 44 heavy (non-hydrogen) atoms. The van der Waals surface area contributed by atoms with Gasteiger partial charge >= 0.3 is 6.09 Å². The number of nitrogens with two attached hydrogens (primary N) is 1. The summed E-state index contributed by atoms with van der Waals surface area (Å²) >= 11 is 0. The number of H-pyrrole nitrogens is 1. The predicted octanol–water partition coefficient (Wildman–Crippen LogP) is 2.59. The van der Waals surface area contributed by atoms with Crippen molar-refractivity contribution in [3.05, 3.63) is 52.6 Å². The summed E-state index contributed by atoms with van der Waals surface area (Å²) in [6.07, 6.45) is -2.32. The second kappa shape index (κ2) is 14.5. The lowest BCUT2D eigenvalue weighted by atomic mass is 10.1. The number of aromatic amines is 1. The van der Waals surface area contributed by atoms with Gasteiger partial charge in [-0.1, -0.05) is 44.2 Å². The Balaban J connectivity index is 1.70. The number of nitrogens with one attached hydrogen (secondary N) is 3. The summed E-state index contributed by atoms with van der Waals surface area (Å²) in [5.41, 5.74) is 6.85. The molecule has 2 amide bonds. The van der Waals surface area contributed by atoms with Crippen LogP contribution in [0.25, 0.3) is 11.2 Å². The molecule has 2 aromatic heterocycles. The third-order valence-corrected chi connectivity index (χ3v) is 8.85. The van der Waals surface area contributed by atoms with Crippen molar-refractivity contribution in [2.75, 3.05) is 11.9 Å². The van der Waals surface area contributed by atoms with Crippen LogP contribution in [0.3, 0.4) is 0 Å². The SMILES string of the molecule is CC(C)C(=O)Nc1nc2c(ncn2[C@@H]2O[C@H](CO)[C@@H](OP(N)N(C(C)C)C(C)C)[C@H]2NC(=O)OCc2ccccc2)c(=O)[nH]1. The summed E-state index contributed by atoms with van der Waals surface area (Å²) in [5, 5.41) is 15.8. The Bertz CT molecular complexity index is 1470. The van der Waals surface area contributed by atoms with E-state index in [1.165, 1.54) is 10.9 Å². The summed E-state index contributed by atoms with van der Waals surface area (Å²) in [4.78, 5) is 49.4. The van der Waals surface area contributed by atoms with Crippen LogP contribution in [0, 0.1) is 5.92 Å². The van der Waals surface area contributed by atoms with Crippen molar-refractivity contribution in [3.63, 3.8) is 0 Å². The van der Waals surface area contributed by atoms with Gasteiger partial charge in [0, 0.05) is 18.0 Å². The number of rotatable bonds is 12. The number of aliphatic hydroxyl groups is 1. The quantitative estimate of drug-likeness (QED) is 0.184. The number of nitrogens with zero attached hydrogens (tertiary/aromatic N) is 4. The standard InChI is InChI=1S/C28H41N8O7P/c1-15(2)24(38)33-27-32-23-21(25(39)34-27)30-14-35(23)26-20(31-28(40)41-13-18-10-8-7-9-11-18)22(19(12-37)42-26)43-44(29)36(16(3)4)17(5)6/h7-11,14-17,19-20,22,26,37H,12-13,29H2,1-6H3,(H,31,40)(H2,32,33,34,38,39)/t19-,20-,22-,26-,44?/m1/s1. The Kier molecular flexibility index (Phi) is 11.1. The zero-order valence-electron chi connectivity index (χ0n) is 25.6. The lowest BCUT2D eigenvalue weighted by Gasteiger charge is -2.37. The first-order chi connectivity index (χ1) is 20.9. The molecule has 1 aromatic carbocycles. The Morgan fingerprint density at radius 2 is 1.86 bits per heavy atom. The molecule has 15 nitrogen and oxygen atoms in total. The van der Waals surface area contributed by atoms with Crippen molar-refractivity contribution in [1.29, 1.82) is 0 Å². The molecule has 0 aliphatic carbocycles. The van der Waals surface area contributed by atoms with Crippen LogP contribution < -0.4 is 21.7 Å². The lowest BCUT2D eigenvalue weighted by Crippen LogP contribution is -2.49. The fourth-order valence-electron chi connectivity index (χ4n) is 4.97. The van der Waals surface area contributed by atoms with E-state index in [0.29, 0.717) is 0 Å². The number of anilines is 1. The number of hydrogen-bond donors (Lipinski definition) is 5. The molecule has 1 fully saturated rings. The van der Waals surface area contributed by atoms with Gasteiger partial charge in [0.25, 0.3) is 5.56 Å². The molecule has 240 valence electrons. The highest BCUT2D eigenvalue weighted by molar-refractivity contribution is 7.47. The molecule has 0 radical (unpaired) electrons. The van der Waals surface area contributed by atoms with Crippen LogP contribution in [0.2, 0.25) is 0 Å². The van der Waals surface area contributed by atoms with Crippen molar-refractivity contribution in [2.45, 2.75) is 84.7 Å². The summed E-state index contributed by atoms with van der Waals surface area (Å²) in [6, 6.07) is 8.32. The molecule has 1 aliphatic heterocycles. The van der Waals surface area contributed by atoms with Gasteiger partial charge in [-0.25, -0.2) is 14.4 Å². The zero-order valence-corrected chi connectivity index (χ0v) is 26.5. The van der Waals surface area contributed by atoms with E-state index in [2.05, 4.69) is 25.6 Å². The third-order valence-electron chi connectivity index (χ3n) is 7.01. The average molecular weight is 633 g/mol. The third kappa shape index (κ3) is 7.60. The minimum atomic E-state index is -1.69. The van der Waals surface area contributed by atoms with Gasteiger partial charge in [0.2, 0.25) is 11.9 Å². The maximum atomic E-state index is 13.1. The summed E-state index contributed by atoms with van der Waals surface area (Å²) in [5.74, 6) is -0.782. The molecule has 16 heteroatoms. The highest BCUT2D eigenvalue weighted by Gasteiger charge is 2.49. The van der Waals surface area contributed by atoms with E-state index in [1.54, 1.807) is 13.8 Å². The number of amides is 2. The van der Waals surface area contributed by atoms with Crippen molar-refractivity contribution in [2.24, 2.45) is 11.4 Å². The molecule has 5 atom stereocenters. The van der Waals surface area contributed by atoms with Gasteiger partial charge in [-0.05, 0) is 33.3 Å². The van der Waals surface area contributed by atoms with Gasteiger partial charge in [0.1, 0.15) is 24.9 Å². The number of aliphatic hydroxyl groups excluding tert-OH is 1. The number of fused-ring (bicyclic) bond motifs is 1. The minimum absolute atomic E-state index is 0.0154. The molecule has 3 heterocycles. The molecular formula is C28H41N8O7P. The van der Waals surface area contributed by atoms with Gasteiger partial charge in [-0.3, -0.25) is 30.0 Å². The molecule has 1 aliphatic rings. The van der Waals surface area contributed by atoms with Crippen LogP contribution in [0.1, 0.15) is 53.3 Å². The molecule has 1 saturated heterocycles. The first-order valence-corrected chi connectivity index (χ1v) is 15.7. The van der Waals surface area contributed by atoms with Crippen LogP contribution in [-0.2, 0) is 25.4 Å². The van der Waals surface area contributed by atoms with Crippen LogP contribution in [0.5, 0.6) is 0 Å². The van der Waals surface area contributed by atoms with Gasteiger partial charge in [0.05, 0.1) is 12.9 Å². The van der Waals surface area contributed by atoms with Crippen LogP contribution >= 0.6 is 8.45 Å². The molecule has 6 N–H and O–H groups in total. The number of aromatic nitrogens is 4. The topological polar surface area (TPSA) is 199 Å². The number of ether oxygens (including phenoxy) is 2. The monoisotopic (exact) mass is 632 g/mol. The fourth-order valence-corrected chi connectivity index (χ4v) is 6.51. The molecule has 3 aromatic rings. The van der Waals surface area contributed by atoms with E-state index >= 15 is 0 Å². The van der Waals surface area contributed by atoms with Crippen LogP contribution in [-0.4, -0.2) is 78.2 Å². The Labute approximate surface area is 256 Å². The molecule has 0 spiro atoms. The second-order valence-corrected chi connectivity index (χ2v) is 12.6. The molecule has 4 rings (SSSR count). The van der Waals surface area contributed by atoms with Gasteiger partial charge in [-0.2, -0.15) is 4.98 Å². The smallest absolute Gasteiger partial charge is 0.407 e. The maximum Gasteiger partial charge on any atom is 0.407 e. The number of carbonyl (C=O) groups is 2. The summed E-state index contributed by atoms with van der Waals surface area (Å²) in [6.45, 7) is 11.0. The molecule has 1 unspecified atom stereocenters. The van der Waals surface area contributed by atoms with E-state index in [-0.39, 0.29) is 47.6 Å². The number of imidazole rings is 1. The minimum Gasteiger partial charge on any atom is -0.445 e. The summed E-state index contributed by atoms with van der Waals surface area (Å²) in [7, 11) is -1.69. The number of benzene rings is 1. The summed E-state index contributed by atoms with van der Waals surface area (Å²) < 4.78 is 21.5. The Morgan fingerprint density at radius 1 is 1.18 bits per heavy atom. The predicted molar refractivity (Wildman–Crippen MR) is 164 cm³/mol. The van der Waals surface area contributed by atoms with E-state index in [9.17, 15) is 19.5 Å². The molecule has 0 saturated carbocycles. The number of hydrogen-bond acceptors (Lipinski definition) is 11. The number of carbonyl (C=O) groups excluding carboxylic acids is 2. The van der Waals surface area contributed by atoms with E-state index in [4.69, 9.17) is 19.5 Å². The average Bonchev–Trinajstić information content (AvgIpc) is 3.53. The van der Waals surface area contributed by atoms with Crippen molar-refractivity contribution in [3.8, 4) is 0 Å². The Morgan fingerprint density at radius 3 is 2.48 bits per heavy atom. The number of alkyl carbamates (subject to hydrolysis) is 1. The Hall–Kier alpha value is -3.46. The fraction of sp³-hybridized carbons (Fsp3) is 0.536.